The third-order valence-electron chi connectivity index (χ3n) is 3.82. The molecule has 1 saturated heterocycles. The first-order valence-corrected chi connectivity index (χ1v) is 7.36. The number of carbonyl (C=O) groups excluding carboxylic acids is 1. The third-order valence-corrected chi connectivity index (χ3v) is 3.82. The molecule has 0 N–H and O–H groups in total. The molecule has 2 rings (SSSR count). The summed E-state index contributed by atoms with van der Waals surface area (Å²) in [4.78, 5) is 14.0. The normalized spacial score (nSPS) is 17.3. The van der Waals surface area contributed by atoms with Crippen molar-refractivity contribution in [2.45, 2.75) is 13.3 Å². The summed E-state index contributed by atoms with van der Waals surface area (Å²) in [6, 6.07) is 3.80. The van der Waals surface area contributed by atoms with Crippen molar-refractivity contribution < 1.29 is 23.7 Å². The molecule has 0 aliphatic carbocycles. The number of methoxy groups -OCH3 is 3. The predicted octanol–water partition coefficient (Wildman–Crippen LogP) is 2.10. The van der Waals surface area contributed by atoms with Gasteiger partial charge in [0.1, 0.15) is 0 Å². The smallest absolute Gasteiger partial charge is 0.310 e. The van der Waals surface area contributed by atoms with Crippen LogP contribution in [0.25, 0.3) is 0 Å². The molecular weight excluding hydrogens is 286 g/mol. The average molecular weight is 309 g/mol. The van der Waals surface area contributed by atoms with Gasteiger partial charge in [0.15, 0.2) is 11.5 Å². The first kappa shape index (κ1) is 16.3. The highest BCUT2D eigenvalue weighted by atomic mass is 16.5. The van der Waals surface area contributed by atoms with E-state index in [-0.39, 0.29) is 11.9 Å². The summed E-state index contributed by atoms with van der Waals surface area (Å²) in [5.41, 5.74) is 0.946. The molecule has 1 aromatic carbocycles. The summed E-state index contributed by atoms with van der Waals surface area (Å²) in [6.45, 7) is 3.67. The molecule has 0 saturated carbocycles. The summed E-state index contributed by atoms with van der Waals surface area (Å²) in [5.74, 6) is 1.57. The van der Waals surface area contributed by atoms with Crippen LogP contribution < -0.4 is 19.1 Å². The molecule has 0 aromatic heterocycles. The number of nitrogens with zero attached hydrogens (tertiary/aromatic N) is 1. The Morgan fingerprint density at radius 2 is 1.82 bits per heavy atom. The number of anilines is 1. The molecule has 1 aliphatic heterocycles. The largest absolute Gasteiger partial charge is 0.493 e. The van der Waals surface area contributed by atoms with E-state index < -0.39 is 0 Å². The van der Waals surface area contributed by atoms with Gasteiger partial charge in [0.2, 0.25) is 5.75 Å². The number of esters is 1. The van der Waals surface area contributed by atoms with Crippen LogP contribution in [0.5, 0.6) is 17.2 Å². The van der Waals surface area contributed by atoms with E-state index in [0.29, 0.717) is 30.4 Å². The predicted molar refractivity (Wildman–Crippen MR) is 83.1 cm³/mol. The van der Waals surface area contributed by atoms with Crippen LogP contribution in [0.4, 0.5) is 5.69 Å². The van der Waals surface area contributed by atoms with Gasteiger partial charge >= 0.3 is 5.97 Å². The van der Waals surface area contributed by atoms with Crippen LogP contribution in [0.1, 0.15) is 13.3 Å². The summed E-state index contributed by atoms with van der Waals surface area (Å²) < 4.78 is 21.2. The molecule has 6 nitrogen and oxygen atoms in total. The maximum Gasteiger partial charge on any atom is 0.310 e. The van der Waals surface area contributed by atoms with Crippen LogP contribution in [-0.2, 0) is 9.53 Å². The number of hydrogen-bond acceptors (Lipinski definition) is 6. The molecule has 6 heteroatoms. The van der Waals surface area contributed by atoms with Gasteiger partial charge in [-0.25, -0.2) is 0 Å². The molecule has 0 amide bonds. The van der Waals surface area contributed by atoms with Crippen molar-refractivity contribution >= 4 is 11.7 Å². The van der Waals surface area contributed by atoms with Gasteiger partial charge < -0.3 is 23.8 Å². The Kier molecular flexibility index (Phi) is 5.35. The molecule has 0 spiro atoms. The molecule has 22 heavy (non-hydrogen) atoms. The van der Waals surface area contributed by atoms with E-state index in [0.717, 1.165) is 18.7 Å². The Morgan fingerprint density at radius 3 is 2.32 bits per heavy atom. The SMILES string of the molecule is CCOC(=O)C1CCN(c2cc(OC)c(OC)c(OC)c2)C1. The molecule has 1 fully saturated rings. The summed E-state index contributed by atoms with van der Waals surface area (Å²) in [5, 5.41) is 0. The second-order valence-electron chi connectivity index (χ2n) is 5.07. The fourth-order valence-electron chi connectivity index (χ4n) is 2.70. The molecule has 1 heterocycles. The van der Waals surface area contributed by atoms with E-state index >= 15 is 0 Å². The second kappa shape index (κ2) is 7.24. The highest BCUT2D eigenvalue weighted by molar-refractivity contribution is 5.75. The fraction of sp³-hybridized carbons (Fsp3) is 0.562. The lowest BCUT2D eigenvalue weighted by Crippen LogP contribution is -2.24. The summed E-state index contributed by atoms with van der Waals surface area (Å²) >= 11 is 0. The van der Waals surface area contributed by atoms with E-state index in [4.69, 9.17) is 18.9 Å². The molecule has 0 radical (unpaired) electrons. The Hall–Kier alpha value is -2.11. The van der Waals surface area contributed by atoms with Crippen molar-refractivity contribution in [3.8, 4) is 17.2 Å². The lowest BCUT2D eigenvalue weighted by atomic mass is 10.1. The van der Waals surface area contributed by atoms with Crippen LogP contribution in [-0.4, -0.2) is 47.0 Å². The van der Waals surface area contributed by atoms with Gasteiger partial charge in [0.25, 0.3) is 0 Å². The van der Waals surface area contributed by atoms with E-state index in [9.17, 15) is 4.79 Å². The van der Waals surface area contributed by atoms with Gasteiger partial charge in [-0.3, -0.25) is 4.79 Å². The number of ether oxygens (including phenoxy) is 4. The zero-order valence-electron chi connectivity index (χ0n) is 13.5. The summed E-state index contributed by atoms with van der Waals surface area (Å²) in [6.07, 6.45) is 0.787. The third kappa shape index (κ3) is 3.21. The molecule has 122 valence electrons. The Morgan fingerprint density at radius 1 is 1.18 bits per heavy atom. The second-order valence-corrected chi connectivity index (χ2v) is 5.07. The topological polar surface area (TPSA) is 57.2 Å². The van der Waals surface area contributed by atoms with E-state index in [1.165, 1.54) is 0 Å². The molecule has 1 aromatic rings. The highest BCUT2D eigenvalue weighted by Crippen LogP contribution is 2.41. The molecule has 1 atom stereocenters. The maximum atomic E-state index is 11.9. The standard InChI is InChI=1S/C16H23NO5/c1-5-22-16(18)11-6-7-17(10-11)12-8-13(19-2)15(21-4)14(9-12)20-3/h8-9,11H,5-7,10H2,1-4H3. The first-order chi connectivity index (χ1) is 10.6. The number of benzene rings is 1. The van der Waals surface area contributed by atoms with Crippen LogP contribution >= 0.6 is 0 Å². The van der Waals surface area contributed by atoms with Crippen LogP contribution in [0.15, 0.2) is 12.1 Å². The Bertz CT molecular complexity index is 506. The van der Waals surface area contributed by atoms with Crippen molar-refractivity contribution in [2.24, 2.45) is 5.92 Å². The van der Waals surface area contributed by atoms with Gasteiger partial charge in [-0.15, -0.1) is 0 Å². The lowest BCUT2D eigenvalue weighted by Gasteiger charge is -2.21. The first-order valence-electron chi connectivity index (χ1n) is 7.36. The molecule has 1 unspecified atom stereocenters. The van der Waals surface area contributed by atoms with Gasteiger partial charge in [-0.1, -0.05) is 0 Å². The lowest BCUT2D eigenvalue weighted by molar-refractivity contribution is -0.147. The maximum absolute atomic E-state index is 11.9. The zero-order chi connectivity index (χ0) is 16.1. The van der Waals surface area contributed by atoms with Crippen molar-refractivity contribution in [2.75, 3.05) is 45.9 Å². The van der Waals surface area contributed by atoms with Gasteiger partial charge in [0, 0.05) is 30.9 Å². The van der Waals surface area contributed by atoms with Crippen LogP contribution in [0.2, 0.25) is 0 Å². The van der Waals surface area contributed by atoms with E-state index in [1.807, 2.05) is 19.1 Å². The minimum atomic E-state index is -0.127. The van der Waals surface area contributed by atoms with Gasteiger partial charge in [-0.2, -0.15) is 0 Å². The van der Waals surface area contributed by atoms with E-state index in [2.05, 4.69) is 4.90 Å². The molecular formula is C16H23NO5. The van der Waals surface area contributed by atoms with Crippen LogP contribution in [0, 0.1) is 5.92 Å². The fourth-order valence-corrected chi connectivity index (χ4v) is 2.70. The zero-order valence-corrected chi connectivity index (χ0v) is 13.5. The number of carbonyl (C=O) groups is 1. The Labute approximate surface area is 130 Å². The van der Waals surface area contributed by atoms with Gasteiger partial charge in [-0.05, 0) is 13.3 Å². The number of hydrogen-bond donors (Lipinski definition) is 0. The summed E-state index contributed by atoms with van der Waals surface area (Å²) in [7, 11) is 4.76. The van der Waals surface area contributed by atoms with E-state index in [1.54, 1.807) is 21.3 Å². The van der Waals surface area contributed by atoms with Gasteiger partial charge in [0.05, 0.1) is 33.9 Å². The van der Waals surface area contributed by atoms with Crippen molar-refractivity contribution in [1.29, 1.82) is 0 Å². The quantitative estimate of drug-likeness (QED) is 0.750. The average Bonchev–Trinajstić information content (AvgIpc) is 3.03. The minimum Gasteiger partial charge on any atom is -0.493 e. The highest BCUT2D eigenvalue weighted by Gasteiger charge is 2.30. The number of rotatable bonds is 6. The molecule has 1 aliphatic rings. The Balaban J connectivity index is 2.21. The van der Waals surface area contributed by atoms with Crippen molar-refractivity contribution in [3.63, 3.8) is 0 Å². The van der Waals surface area contributed by atoms with Crippen molar-refractivity contribution in [1.82, 2.24) is 0 Å². The van der Waals surface area contributed by atoms with Crippen LogP contribution in [0.3, 0.4) is 0 Å². The van der Waals surface area contributed by atoms with Crippen molar-refractivity contribution in [3.05, 3.63) is 12.1 Å². The monoisotopic (exact) mass is 309 g/mol. The molecule has 0 bridgehead atoms. The minimum absolute atomic E-state index is 0.0842.